The summed E-state index contributed by atoms with van der Waals surface area (Å²) in [5.74, 6) is 1.40. The molecular formula is C27H26N2O4. The zero-order valence-corrected chi connectivity index (χ0v) is 18.6. The Morgan fingerprint density at radius 1 is 0.879 bits per heavy atom. The first-order valence-electron chi connectivity index (χ1n) is 11.0. The summed E-state index contributed by atoms with van der Waals surface area (Å²) in [6.45, 7) is 0. The molecule has 168 valence electrons. The maximum absolute atomic E-state index is 13.6. The molecule has 5 rings (SSSR count). The standard InChI is InChI=1S/C27H26N2O4/c1-32-19-10-7-16(8-11-19)18-13-22-26(24(31)15-18)27(17-9-12-25(33-2)23(30)14-17)29-21-6-4-3-5-20(21)28-22/h3-12,14,18,27-30H,13,15H2,1-2H3/t18-,27-/m0/s1. The van der Waals surface area contributed by atoms with E-state index in [0.29, 0.717) is 24.2 Å². The molecule has 0 bridgehead atoms. The Kier molecular flexibility index (Phi) is 5.42. The summed E-state index contributed by atoms with van der Waals surface area (Å²) in [6.07, 6.45) is 1.13. The highest BCUT2D eigenvalue weighted by molar-refractivity contribution is 6.01. The molecular weight excluding hydrogens is 416 g/mol. The number of aromatic hydroxyl groups is 1. The highest BCUT2D eigenvalue weighted by atomic mass is 16.5. The summed E-state index contributed by atoms with van der Waals surface area (Å²) in [6, 6.07) is 20.7. The van der Waals surface area contributed by atoms with Gasteiger partial charge in [0, 0.05) is 17.7 Å². The lowest BCUT2D eigenvalue weighted by molar-refractivity contribution is -0.116. The van der Waals surface area contributed by atoms with Gasteiger partial charge in [0.2, 0.25) is 0 Å². The SMILES string of the molecule is COc1ccc([C@@H]2CC(=O)C3=C(C2)Nc2ccccc2N[C@H]3c2ccc(OC)c(O)c2)cc1. The first kappa shape index (κ1) is 20.9. The van der Waals surface area contributed by atoms with E-state index >= 15 is 0 Å². The van der Waals surface area contributed by atoms with E-state index in [1.54, 1.807) is 19.2 Å². The summed E-state index contributed by atoms with van der Waals surface area (Å²) < 4.78 is 10.5. The second kappa shape index (κ2) is 8.54. The maximum atomic E-state index is 13.6. The molecule has 6 heteroatoms. The van der Waals surface area contributed by atoms with Crippen molar-refractivity contribution < 1.29 is 19.4 Å². The summed E-state index contributed by atoms with van der Waals surface area (Å²) in [5.41, 5.74) is 5.36. The largest absolute Gasteiger partial charge is 0.504 e. The van der Waals surface area contributed by atoms with Crippen LogP contribution in [0.25, 0.3) is 0 Å². The van der Waals surface area contributed by atoms with Crippen LogP contribution in [0.3, 0.4) is 0 Å². The number of carbonyl (C=O) groups excluding carboxylic acids is 1. The van der Waals surface area contributed by atoms with Crippen molar-refractivity contribution in [1.29, 1.82) is 0 Å². The highest BCUT2D eigenvalue weighted by Gasteiger charge is 2.36. The molecule has 0 saturated carbocycles. The molecule has 2 atom stereocenters. The van der Waals surface area contributed by atoms with Gasteiger partial charge < -0.3 is 25.2 Å². The Hall–Kier alpha value is -3.93. The molecule has 33 heavy (non-hydrogen) atoms. The van der Waals surface area contributed by atoms with Crippen LogP contribution in [0, 0.1) is 0 Å². The predicted octanol–water partition coefficient (Wildman–Crippen LogP) is 5.39. The van der Waals surface area contributed by atoms with E-state index in [9.17, 15) is 9.90 Å². The van der Waals surface area contributed by atoms with E-state index in [0.717, 1.165) is 33.9 Å². The molecule has 0 unspecified atom stereocenters. The number of anilines is 2. The third-order valence-corrected chi connectivity index (χ3v) is 6.43. The van der Waals surface area contributed by atoms with Gasteiger partial charge in [-0.15, -0.1) is 0 Å². The number of rotatable bonds is 4. The number of nitrogens with one attached hydrogen (secondary N) is 2. The van der Waals surface area contributed by atoms with E-state index < -0.39 is 6.04 Å². The van der Waals surface area contributed by atoms with Crippen LogP contribution in [0.15, 0.2) is 78.0 Å². The van der Waals surface area contributed by atoms with Crippen LogP contribution in [-0.4, -0.2) is 25.1 Å². The maximum Gasteiger partial charge on any atom is 0.163 e. The van der Waals surface area contributed by atoms with Gasteiger partial charge in [0.05, 0.1) is 31.6 Å². The first-order chi connectivity index (χ1) is 16.1. The second-order valence-corrected chi connectivity index (χ2v) is 8.37. The van der Waals surface area contributed by atoms with Gasteiger partial charge in [-0.25, -0.2) is 0 Å². The second-order valence-electron chi connectivity index (χ2n) is 8.37. The predicted molar refractivity (Wildman–Crippen MR) is 128 cm³/mol. The Labute approximate surface area is 192 Å². The molecule has 0 fully saturated rings. The van der Waals surface area contributed by atoms with Crippen molar-refractivity contribution in [3.05, 3.63) is 89.1 Å². The monoisotopic (exact) mass is 442 g/mol. The number of para-hydroxylation sites is 2. The smallest absolute Gasteiger partial charge is 0.163 e. The minimum absolute atomic E-state index is 0.0452. The molecule has 0 saturated heterocycles. The van der Waals surface area contributed by atoms with Crippen LogP contribution in [0.5, 0.6) is 17.2 Å². The van der Waals surface area contributed by atoms with Crippen molar-refractivity contribution in [3.8, 4) is 17.2 Å². The quantitative estimate of drug-likeness (QED) is 0.503. The first-order valence-corrected chi connectivity index (χ1v) is 11.0. The zero-order chi connectivity index (χ0) is 22.9. The average Bonchev–Trinajstić information content (AvgIpc) is 3.01. The Morgan fingerprint density at radius 2 is 1.61 bits per heavy atom. The molecule has 1 heterocycles. The summed E-state index contributed by atoms with van der Waals surface area (Å²) in [5, 5.41) is 17.5. The van der Waals surface area contributed by atoms with Crippen molar-refractivity contribution in [3.63, 3.8) is 0 Å². The van der Waals surface area contributed by atoms with E-state index in [1.807, 2.05) is 54.6 Å². The fourth-order valence-electron chi connectivity index (χ4n) is 4.74. The molecule has 0 radical (unpaired) electrons. The van der Waals surface area contributed by atoms with Crippen LogP contribution in [0.2, 0.25) is 0 Å². The van der Waals surface area contributed by atoms with Crippen molar-refractivity contribution in [1.82, 2.24) is 0 Å². The number of Topliss-reactive ketones (excluding diaryl/α,β-unsaturated/α-hetero) is 1. The van der Waals surface area contributed by atoms with E-state index in [4.69, 9.17) is 9.47 Å². The van der Waals surface area contributed by atoms with E-state index in [1.165, 1.54) is 7.11 Å². The van der Waals surface area contributed by atoms with Gasteiger partial charge in [-0.2, -0.15) is 0 Å². The van der Waals surface area contributed by atoms with Gasteiger partial charge in [0.1, 0.15) is 5.75 Å². The van der Waals surface area contributed by atoms with Gasteiger partial charge >= 0.3 is 0 Å². The Bertz CT molecular complexity index is 1230. The fourth-order valence-corrected chi connectivity index (χ4v) is 4.74. The molecule has 0 spiro atoms. The van der Waals surface area contributed by atoms with Crippen LogP contribution < -0.4 is 20.1 Å². The third-order valence-electron chi connectivity index (χ3n) is 6.43. The molecule has 3 aromatic rings. The van der Waals surface area contributed by atoms with Gasteiger partial charge in [-0.1, -0.05) is 30.3 Å². The molecule has 1 aliphatic heterocycles. The highest BCUT2D eigenvalue weighted by Crippen LogP contribution is 2.45. The summed E-state index contributed by atoms with van der Waals surface area (Å²) >= 11 is 0. The number of phenols is 1. The lowest BCUT2D eigenvalue weighted by Gasteiger charge is -2.30. The van der Waals surface area contributed by atoms with Gasteiger partial charge in [0.25, 0.3) is 0 Å². The van der Waals surface area contributed by atoms with Crippen LogP contribution in [-0.2, 0) is 4.79 Å². The zero-order valence-electron chi connectivity index (χ0n) is 18.6. The number of hydrogen-bond donors (Lipinski definition) is 3. The Morgan fingerprint density at radius 3 is 2.30 bits per heavy atom. The Balaban J connectivity index is 1.58. The number of fused-ring (bicyclic) bond motifs is 1. The van der Waals surface area contributed by atoms with Crippen molar-refractivity contribution >= 4 is 17.2 Å². The minimum Gasteiger partial charge on any atom is -0.504 e. The van der Waals surface area contributed by atoms with Gasteiger partial charge in [-0.3, -0.25) is 4.79 Å². The van der Waals surface area contributed by atoms with Crippen molar-refractivity contribution in [2.24, 2.45) is 0 Å². The molecule has 0 aromatic heterocycles. The fraction of sp³-hybridized carbons (Fsp3) is 0.222. The van der Waals surface area contributed by atoms with Crippen molar-refractivity contribution in [2.75, 3.05) is 24.9 Å². The van der Waals surface area contributed by atoms with Gasteiger partial charge in [-0.05, 0) is 59.9 Å². The number of hydrogen-bond acceptors (Lipinski definition) is 6. The number of phenolic OH excluding ortho intramolecular Hbond substituents is 1. The molecule has 0 amide bonds. The van der Waals surface area contributed by atoms with Crippen LogP contribution in [0.4, 0.5) is 11.4 Å². The molecule has 6 nitrogen and oxygen atoms in total. The van der Waals surface area contributed by atoms with Crippen LogP contribution >= 0.6 is 0 Å². The number of allylic oxidation sites excluding steroid dienone is 1. The molecule has 3 N–H and O–H groups in total. The number of ether oxygens (including phenoxy) is 2. The molecule has 3 aromatic carbocycles. The minimum atomic E-state index is -0.391. The van der Waals surface area contributed by atoms with Crippen LogP contribution in [0.1, 0.15) is 35.9 Å². The normalized spacial score (nSPS) is 19.5. The van der Waals surface area contributed by atoms with Crippen molar-refractivity contribution in [2.45, 2.75) is 24.8 Å². The summed E-state index contributed by atoms with van der Waals surface area (Å²) in [4.78, 5) is 13.6. The lowest BCUT2D eigenvalue weighted by Crippen LogP contribution is -2.26. The topological polar surface area (TPSA) is 79.8 Å². The molecule has 2 aliphatic rings. The number of carbonyl (C=O) groups is 1. The number of benzene rings is 3. The number of ketones is 1. The van der Waals surface area contributed by atoms with E-state index in [2.05, 4.69) is 10.6 Å². The number of methoxy groups -OCH3 is 2. The van der Waals surface area contributed by atoms with Gasteiger partial charge in [0.15, 0.2) is 17.3 Å². The lowest BCUT2D eigenvalue weighted by atomic mass is 9.78. The third kappa shape index (κ3) is 3.89. The van der Waals surface area contributed by atoms with E-state index in [-0.39, 0.29) is 17.5 Å². The summed E-state index contributed by atoms with van der Waals surface area (Å²) in [7, 11) is 3.16. The average molecular weight is 443 g/mol. The molecule has 1 aliphatic carbocycles.